The summed E-state index contributed by atoms with van der Waals surface area (Å²) in [6.45, 7) is 9.28. The quantitative estimate of drug-likeness (QED) is 0.800. The van der Waals surface area contributed by atoms with Crippen molar-refractivity contribution in [1.29, 1.82) is 0 Å². The Kier molecular flexibility index (Phi) is 5.67. The topological polar surface area (TPSA) is 56.0 Å². The van der Waals surface area contributed by atoms with Crippen molar-refractivity contribution in [3.05, 3.63) is 29.6 Å². The second-order valence-electron chi connectivity index (χ2n) is 6.29. The fraction of sp³-hybridized carbons (Fsp3) is 0.625. The van der Waals surface area contributed by atoms with Crippen LogP contribution in [0.5, 0.6) is 0 Å². The average molecular weight is 262 g/mol. The van der Waals surface area contributed by atoms with Gasteiger partial charge in [-0.1, -0.05) is 20.8 Å². The number of aryl methyl sites for hydroxylation is 1. The van der Waals surface area contributed by atoms with E-state index in [-0.39, 0.29) is 11.2 Å². The van der Waals surface area contributed by atoms with Crippen molar-refractivity contribution in [2.45, 2.75) is 47.0 Å². The summed E-state index contributed by atoms with van der Waals surface area (Å²) in [5.41, 5.74) is 7.63. The molecule has 1 aromatic heterocycles. The van der Waals surface area contributed by atoms with Crippen LogP contribution in [-0.4, -0.2) is 17.3 Å². The van der Waals surface area contributed by atoms with Crippen LogP contribution in [0.25, 0.3) is 0 Å². The summed E-state index contributed by atoms with van der Waals surface area (Å²) in [7, 11) is 0. The molecule has 0 saturated carbocycles. The van der Waals surface area contributed by atoms with Crippen LogP contribution < -0.4 is 5.73 Å². The Hall–Kier alpha value is -1.22. The Labute approximate surface area is 116 Å². The summed E-state index contributed by atoms with van der Waals surface area (Å²) >= 11 is 0. The molecule has 1 atom stereocenters. The Morgan fingerprint density at radius 3 is 2.58 bits per heavy atom. The van der Waals surface area contributed by atoms with Gasteiger partial charge in [0.15, 0.2) is 5.78 Å². The molecule has 0 aliphatic heterocycles. The van der Waals surface area contributed by atoms with Crippen LogP contribution in [0.4, 0.5) is 0 Å². The molecule has 0 radical (unpaired) electrons. The van der Waals surface area contributed by atoms with E-state index < -0.39 is 0 Å². The molecule has 0 aromatic carbocycles. The third-order valence-corrected chi connectivity index (χ3v) is 3.80. The molecule has 106 valence electrons. The molecule has 1 aromatic rings. The number of nitrogens with zero attached hydrogens (tertiary/aromatic N) is 1. The van der Waals surface area contributed by atoms with Crippen LogP contribution in [-0.2, 0) is 0 Å². The number of aromatic nitrogens is 1. The Bertz CT molecular complexity index is 421. The highest BCUT2D eigenvalue weighted by atomic mass is 16.1. The molecular formula is C16H26N2O. The molecule has 0 amide bonds. The lowest BCUT2D eigenvalue weighted by Gasteiger charge is -2.30. The average Bonchev–Trinajstić information content (AvgIpc) is 2.33. The van der Waals surface area contributed by atoms with Gasteiger partial charge < -0.3 is 5.73 Å². The van der Waals surface area contributed by atoms with Crippen molar-refractivity contribution in [2.24, 2.45) is 17.1 Å². The fourth-order valence-corrected chi connectivity index (χ4v) is 2.41. The van der Waals surface area contributed by atoms with Crippen molar-refractivity contribution in [3.63, 3.8) is 0 Å². The van der Waals surface area contributed by atoms with E-state index in [1.165, 1.54) is 0 Å². The monoisotopic (exact) mass is 262 g/mol. The van der Waals surface area contributed by atoms with Crippen LogP contribution in [0.1, 0.15) is 56.0 Å². The van der Waals surface area contributed by atoms with Crippen LogP contribution in [0.15, 0.2) is 18.5 Å². The number of hydrogen-bond donors (Lipinski definition) is 1. The van der Waals surface area contributed by atoms with E-state index in [2.05, 4.69) is 25.8 Å². The van der Waals surface area contributed by atoms with E-state index >= 15 is 0 Å². The number of carbonyl (C=O) groups excluding carboxylic acids is 1. The Balaban J connectivity index is 2.65. The van der Waals surface area contributed by atoms with Gasteiger partial charge in [0.1, 0.15) is 0 Å². The van der Waals surface area contributed by atoms with Gasteiger partial charge in [0, 0.05) is 24.4 Å². The molecular weight excluding hydrogens is 236 g/mol. The summed E-state index contributed by atoms with van der Waals surface area (Å²) in [4.78, 5) is 16.3. The van der Waals surface area contributed by atoms with Gasteiger partial charge in [0.05, 0.1) is 0 Å². The van der Waals surface area contributed by atoms with Crippen LogP contribution in [0.3, 0.4) is 0 Å². The number of Topliss-reactive ketones (excluding diaryl/α,β-unsaturated/α-hetero) is 1. The minimum atomic E-state index is 0.192. The summed E-state index contributed by atoms with van der Waals surface area (Å²) in [5, 5.41) is 0. The van der Waals surface area contributed by atoms with Crippen LogP contribution in [0, 0.1) is 18.3 Å². The first kappa shape index (κ1) is 15.8. The molecule has 0 aliphatic rings. The predicted octanol–water partition coefficient (Wildman–Crippen LogP) is 3.36. The highest BCUT2D eigenvalue weighted by Crippen LogP contribution is 2.32. The highest BCUT2D eigenvalue weighted by molar-refractivity contribution is 5.97. The normalized spacial score (nSPS) is 13.3. The van der Waals surface area contributed by atoms with Gasteiger partial charge >= 0.3 is 0 Å². The zero-order valence-electron chi connectivity index (χ0n) is 12.6. The van der Waals surface area contributed by atoms with E-state index in [0.717, 1.165) is 24.0 Å². The van der Waals surface area contributed by atoms with E-state index in [1.807, 2.05) is 13.0 Å². The maximum atomic E-state index is 12.2. The first-order valence-electron chi connectivity index (χ1n) is 7.00. The van der Waals surface area contributed by atoms with Crippen molar-refractivity contribution in [3.8, 4) is 0 Å². The first-order chi connectivity index (χ1) is 8.86. The lowest BCUT2D eigenvalue weighted by Crippen LogP contribution is -2.24. The Morgan fingerprint density at radius 1 is 1.37 bits per heavy atom. The molecule has 1 rings (SSSR count). The van der Waals surface area contributed by atoms with Gasteiger partial charge in [-0.25, -0.2) is 0 Å². The molecule has 3 nitrogen and oxygen atoms in total. The van der Waals surface area contributed by atoms with Crippen molar-refractivity contribution in [2.75, 3.05) is 6.54 Å². The number of rotatable bonds is 6. The van der Waals surface area contributed by atoms with Gasteiger partial charge in [0.25, 0.3) is 0 Å². The van der Waals surface area contributed by atoms with E-state index in [0.29, 0.717) is 18.9 Å². The van der Waals surface area contributed by atoms with Crippen molar-refractivity contribution < 1.29 is 4.79 Å². The van der Waals surface area contributed by atoms with Crippen molar-refractivity contribution in [1.82, 2.24) is 4.98 Å². The smallest absolute Gasteiger partial charge is 0.164 e. The second kappa shape index (κ2) is 6.80. The Morgan fingerprint density at radius 2 is 2.05 bits per heavy atom. The number of ketones is 1. The molecule has 1 unspecified atom stereocenters. The maximum absolute atomic E-state index is 12.2. The fourth-order valence-electron chi connectivity index (χ4n) is 2.41. The largest absolute Gasteiger partial charge is 0.330 e. The molecule has 2 N–H and O–H groups in total. The third kappa shape index (κ3) is 4.75. The zero-order valence-corrected chi connectivity index (χ0v) is 12.6. The molecule has 0 aliphatic carbocycles. The minimum Gasteiger partial charge on any atom is -0.330 e. The number of pyridine rings is 1. The predicted molar refractivity (Wildman–Crippen MR) is 79.2 cm³/mol. The number of hydrogen-bond acceptors (Lipinski definition) is 3. The maximum Gasteiger partial charge on any atom is 0.164 e. The molecule has 19 heavy (non-hydrogen) atoms. The zero-order chi connectivity index (χ0) is 14.5. The molecule has 0 bridgehead atoms. The van der Waals surface area contributed by atoms with E-state index in [4.69, 9.17) is 5.73 Å². The van der Waals surface area contributed by atoms with Gasteiger partial charge in [-0.2, -0.15) is 0 Å². The molecule has 3 heteroatoms. The summed E-state index contributed by atoms with van der Waals surface area (Å²) in [6, 6.07) is 1.88. The second-order valence-corrected chi connectivity index (χ2v) is 6.29. The van der Waals surface area contributed by atoms with Gasteiger partial charge in [0.2, 0.25) is 0 Å². The standard InChI is InChI=1S/C16H26N2O/c1-12-8-10-18-11-14(12)15(19)6-5-13(7-9-17)16(2,3)4/h8,10-11,13H,5-7,9,17H2,1-4H3. The molecule has 0 fully saturated rings. The van der Waals surface area contributed by atoms with Crippen LogP contribution >= 0.6 is 0 Å². The van der Waals surface area contributed by atoms with Gasteiger partial charge in [-0.3, -0.25) is 9.78 Å². The SMILES string of the molecule is Cc1ccncc1C(=O)CCC(CCN)C(C)(C)C. The number of nitrogens with two attached hydrogens (primary N) is 1. The van der Waals surface area contributed by atoms with Gasteiger partial charge in [-0.15, -0.1) is 0 Å². The lowest BCUT2D eigenvalue weighted by molar-refractivity contribution is 0.0957. The van der Waals surface area contributed by atoms with E-state index in [9.17, 15) is 4.79 Å². The van der Waals surface area contributed by atoms with E-state index in [1.54, 1.807) is 12.4 Å². The van der Waals surface area contributed by atoms with Crippen LogP contribution in [0.2, 0.25) is 0 Å². The summed E-state index contributed by atoms with van der Waals surface area (Å²) in [6.07, 6.45) is 5.84. The lowest BCUT2D eigenvalue weighted by atomic mass is 9.75. The summed E-state index contributed by atoms with van der Waals surface area (Å²) in [5.74, 6) is 0.676. The highest BCUT2D eigenvalue weighted by Gasteiger charge is 2.24. The molecule has 1 heterocycles. The van der Waals surface area contributed by atoms with Gasteiger partial charge in [-0.05, 0) is 49.3 Å². The number of carbonyl (C=O) groups is 1. The summed E-state index contributed by atoms with van der Waals surface area (Å²) < 4.78 is 0. The van der Waals surface area contributed by atoms with Crippen molar-refractivity contribution >= 4 is 5.78 Å². The third-order valence-electron chi connectivity index (χ3n) is 3.80. The minimum absolute atomic E-state index is 0.192. The molecule has 0 saturated heterocycles. The molecule has 0 spiro atoms. The first-order valence-corrected chi connectivity index (χ1v) is 7.00.